The molecular weight excluding hydrogens is 378 g/mol. The maximum Gasteiger partial charge on any atom is 0.175 e. The van der Waals surface area contributed by atoms with Gasteiger partial charge in [0, 0.05) is 21.7 Å². The average Bonchev–Trinajstić information content (AvgIpc) is 2.50. The number of aromatic nitrogens is 1. The van der Waals surface area contributed by atoms with Crippen molar-refractivity contribution in [3.63, 3.8) is 0 Å². The van der Waals surface area contributed by atoms with Crippen LogP contribution in [0.3, 0.4) is 0 Å². The van der Waals surface area contributed by atoms with Gasteiger partial charge >= 0.3 is 0 Å². The molecule has 3 rings (SSSR count). The summed E-state index contributed by atoms with van der Waals surface area (Å²) in [5.74, 6) is 0. The van der Waals surface area contributed by atoms with Crippen molar-refractivity contribution in [1.82, 2.24) is 4.98 Å². The Morgan fingerprint density at radius 2 is 1.65 bits per heavy atom. The predicted molar refractivity (Wildman–Crippen MR) is 96.8 cm³/mol. The summed E-state index contributed by atoms with van der Waals surface area (Å²) in [7, 11) is -3.24. The highest BCUT2D eigenvalue weighted by Crippen LogP contribution is 2.37. The van der Waals surface area contributed by atoms with E-state index in [1.165, 1.54) is 18.4 Å². The number of nitrogens with zero attached hydrogens (tertiary/aromatic N) is 1. The highest BCUT2D eigenvalue weighted by molar-refractivity contribution is 9.10. The van der Waals surface area contributed by atoms with Crippen molar-refractivity contribution in [2.75, 3.05) is 17.7 Å². The van der Waals surface area contributed by atoms with Crippen LogP contribution in [0, 0.1) is 0 Å². The Kier molecular flexibility index (Phi) is 3.77. The lowest BCUT2D eigenvalue weighted by atomic mass is 10.1. The minimum atomic E-state index is -3.24. The first-order valence-corrected chi connectivity index (χ1v) is 9.41. The number of halogens is 1. The lowest BCUT2D eigenvalue weighted by Crippen LogP contribution is -2.02. The van der Waals surface area contributed by atoms with Crippen molar-refractivity contribution in [3.05, 3.63) is 46.9 Å². The van der Waals surface area contributed by atoms with Gasteiger partial charge in [0.05, 0.1) is 27.5 Å². The molecule has 2 aromatic carbocycles. The van der Waals surface area contributed by atoms with Crippen molar-refractivity contribution >= 4 is 48.0 Å². The van der Waals surface area contributed by atoms with Crippen LogP contribution < -0.4 is 11.5 Å². The number of rotatable bonds is 2. The number of hydrogen-bond acceptors (Lipinski definition) is 5. The Bertz CT molecular complexity index is 1020. The van der Waals surface area contributed by atoms with E-state index < -0.39 is 9.84 Å². The summed E-state index contributed by atoms with van der Waals surface area (Å²) in [6.07, 6.45) is 1.17. The number of fused-ring (bicyclic) bond motifs is 1. The van der Waals surface area contributed by atoms with Crippen molar-refractivity contribution in [1.29, 1.82) is 0 Å². The van der Waals surface area contributed by atoms with E-state index in [4.69, 9.17) is 11.5 Å². The van der Waals surface area contributed by atoms with Crippen LogP contribution in [0.5, 0.6) is 0 Å². The highest BCUT2D eigenvalue weighted by atomic mass is 79.9. The first kappa shape index (κ1) is 15.8. The largest absolute Gasteiger partial charge is 0.396 e. The standard InChI is InChI=1S/C16H14BrN3O2S/c1-23(21,22)10-7-5-9(6-8-10)16-15(19)14(18)13-11(17)3-2-4-12(13)20-16/h2-8H,19H2,1H3,(H2,18,20). The van der Waals surface area contributed by atoms with Gasteiger partial charge in [-0.1, -0.05) is 34.1 Å². The van der Waals surface area contributed by atoms with E-state index in [9.17, 15) is 8.42 Å². The number of nitrogen functional groups attached to an aromatic ring is 2. The summed E-state index contributed by atoms with van der Waals surface area (Å²) >= 11 is 3.45. The molecule has 5 nitrogen and oxygen atoms in total. The normalized spacial score (nSPS) is 11.7. The number of nitrogens with two attached hydrogens (primary N) is 2. The van der Waals surface area contributed by atoms with Crippen LogP contribution in [-0.2, 0) is 9.84 Å². The van der Waals surface area contributed by atoms with Gasteiger partial charge in [0.1, 0.15) is 0 Å². The maximum absolute atomic E-state index is 11.5. The molecule has 0 spiro atoms. The minimum Gasteiger partial charge on any atom is -0.396 e. The van der Waals surface area contributed by atoms with Gasteiger partial charge in [0.25, 0.3) is 0 Å². The van der Waals surface area contributed by atoms with Crippen molar-refractivity contribution in [2.24, 2.45) is 0 Å². The lowest BCUT2D eigenvalue weighted by molar-refractivity contribution is 0.602. The maximum atomic E-state index is 11.5. The number of benzene rings is 2. The molecule has 1 heterocycles. The molecule has 0 saturated carbocycles. The molecule has 0 aliphatic carbocycles. The van der Waals surface area contributed by atoms with Gasteiger partial charge in [-0.15, -0.1) is 0 Å². The van der Waals surface area contributed by atoms with Crippen LogP contribution >= 0.6 is 15.9 Å². The van der Waals surface area contributed by atoms with E-state index in [2.05, 4.69) is 20.9 Å². The fourth-order valence-corrected chi connectivity index (χ4v) is 3.60. The topological polar surface area (TPSA) is 99.1 Å². The van der Waals surface area contributed by atoms with Crippen LogP contribution in [0.15, 0.2) is 51.8 Å². The SMILES string of the molecule is CS(=O)(=O)c1ccc(-c2nc3cccc(Br)c3c(N)c2N)cc1. The lowest BCUT2D eigenvalue weighted by Gasteiger charge is -2.12. The third kappa shape index (κ3) is 2.77. The third-order valence-corrected chi connectivity index (χ3v) is 5.38. The van der Waals surface area contributed by atoms with Gasteiger partial charge in [-0.2, -0.15) is 0 Å². The molecule has 0 fully saturated rings. The molecule has 118 valence electrons. The van der Waals surface area contributed by atoms with Crippen LogP contribution in [0.2, 0.25) is 0 Å². The second kappa shape index (κ2) is 5.50. The number of anilines is 2. The van der Waals surface area contributed by atoms with Crippen LogP contribution in [0.4, 0.5) is 11.4 Å². The van der Waals surface area contributed by atoms with E-state index in [0.717, 1.165) is 9.86 Å². The zero-order chi connectivity index (χ0) is 16.8. The summed E-state index contributed by atoms with van der Waals surface area (Å²) in [6.45, 7) is 0. The van der Waals surface area contributed by atoms with Gasteiger partial charge in [-0.05, 0) is 24.3 Å². The molecule has 0 amide bonds. The summed E-state index contributed by atoms with van der Waals surface area (Å²) in [5.41, 5.74) is 15.1. The quantitative estimate of drug-likeness (QED) is 0.698. The molecule has 0 bridgehead atoms. The molecule has 7 heteroatoms. The van der Waals surface area contributed by atoms with Crippen LogP contribution in [-0.4, -0.2) is 19.7 Å². The number of sulfone groups is 1. The molecule has 1 aromatic heterocycles. The van der Waals surface area contributed by atoms with Gasteiger partial charge in [-0.25, -0.2) is 13.4 Å². The summed E-state index contributed by atoms with van der Waals surface area (Å²) in [4.78, 5) is 4.82. The van der Waals surface area contributed by atoms with Crippen molar-refractivity contribution in [2.45, 2.75) is 4.90 Å². The van der Waals surface area contributed by atoms with Gasteiger partial charge in [0.2, 0.25) is 0 Å². The monoisotopic (exact) mass is 391 g/mol. The van der Waals surface area contributed by atoms with Crippen LogP contribution in [0.25, 0.3) is 22.2 Å². The molecule has 0 atom stereocenters. The number of pyridine rings is 1. The molecular formula is C16H14BrN3O2S. The van der Waals surface area contributed by atoms with Crippen LogP contribution in [0.1, 0.15) is 0 Å². The molecule has 0 aliphatic rings. The first-order chi connectivity index (χ1) is 10.8. The van der Waals surface area contributed by atoms with Crippen molar-refractivity contribution in [3.8, 4) is 11.3 Å². The Morgan fingerprint density at radius 1 is 1.00 bits per heavy atom. The molecule has 4 N–H and O–H groups in total. The highest BCUT2D eigenvalue weighted by Gasteiger charge is 2.15. The van der Waals surface area contributed by atoms with Gasteiger partial charge in [-0.3, -0.25) is 0 Å². The fraction of sp³-hybridized carbons (Fsp3) is 0.0625. The van der Waals surface area contributed by atoms with Crippen molar-refractivity contribution < 1.29 is 8.42 Å². The summed E-state index contributed by atoms with van der Waals surface area (Å²) in [6, 6.07) is 12.0. The first-order valence-electron chi connectivity index (χ1n) is 6.72. The van der Waals surface area contributed by atoms with E-state index in [-0.39, 0.29) is 4.90 Å². The Hall–Kier alpha value is -2.12. The second-order valence-corrected chi connectivity index (χ2v) is 8.09. The van der Waals surface area contributed by atoms with E-state index in [0.29, 0.717) is 28.1 Å². The minimum absolute atomic E-state index is 0.247. The Labute approximate surface area is 142 Å². The zero-order valence-electron chi connectivity index (χ0n) is 12.2. The molecule has 0 radical (unpaired) electrons. The molecule has 23 heavy (non-hydrogen) atoms. The van der Waals surface area contributed by atoms with Gasteiger partial charge in [0.15, 0.2) is 9.84 Å². The summed E-state index contributed by atoms with van der Waals surface area (Å²) < 4.78 is 23.9. The molecule has 0 aliphatic heterocycles. The van der Waals surface area contributed by atoms with E-state index in [1.807, 2.05) is 18.2 Å². The second-order valence-electron chi connectivity index (χ2n) is 5.22. The Morgan fingerprint density at radius 3 is 2.26 bits per heavy atom. The smallest absolute Gasteiger partial charge is 0.175 e. The fourth-order valence-electron chi connectivity index (χ4n) is 2.40. The predicted octanol–water partition coefficient (Wildman–Crippen LogP) is 3.23. The third-order valence-electron chi connectivity index (χ3n) is 3.59. The average molecular weight is 392 g/mol. The van der Waals surface area contributed by atoms with E-state index in [1.54, 1.807) is 12.1 Å². The zero-order valence-corrected chi connectivity index (χ0v) is 14.6. The molecule has 0 saturated heterocycles. The molecule has 3 aromatic rings. The van der Waals surface area contributed by atoms with E-state index >= 15 is 0 Å². The Balaban J connectivity index is 2.23. The summed E-state index contributed by atoms with van der Waals surface area (Å²) in [5, 5.41) is 0.765. The number of hydrogen-bond donors (Lipinski definition) is 2. The molecule has 0 unspecified atom stereocenters. The van der Waals surface area contributed by atoms with Gasteiger partial charge < -0.3 is 11.5 Å².